The van der Waals surface area contributed by atoms with Crippen LogP contribution < -0.4 is 18.9 Å². The predicted molar refractivity (Wildman–Crippen MR) is 361 cm³/mol. The van der Waals surface area contributed by atoms with Gasteiger partial charge in [0.25, 0.3) is 0 Å². The van der Waals surface area contributed by atoms with E-state index in [0.717, 1.165) is 51.4 Å². The highest BCUT2D eigenvalue weighted by atomic mass is 16.6. The number of carbonyl (C=O) groups excluding carboxylic acids is 9. The zero-order valence-electron chi connectivity index (χ0n) is 56.9. The minimum atomic E-state index is -0.727. The first-order chi connectivity index (χ1) is 45.1. The second kappa shape index (κ2) is 39.9. The minimum Gasteiger partial charge on any atom is -0.489 e. The molecule has 17 nitrogen and oxygen atoms in total. The Morgan fingerprint density at radius 2 is 0.553 bits per heavy atom. The van der Waals surface area contributed by atoms with Gasteiger partial charge < -0.3 is 37.9 Å². The Bertz CT molecular complexity index is 3220. The largest absolute Gasteiger partial charge is 0.489 e. The molecule has 4 aromatic rings. The second-order valence-electron chi connectivity index (χ2n) is 24.2. The number of ketones is 5. The van der Waals surface area contributed by atoms with Crippen LogP contribution in [0.1, 0.15) is 257 Å². The number of hydrogen-bond acceptors (Lipinski definition) is 17. The van der Waals surface area contributed by atoms with Crippen LogP contribution in [0.4, 0.5) is 0 Å². The molecule has 0 unspecified atom stereocenters. The summed E-state index contributed by atoms with van der Waals surface area (Å²) in [6.45, 7) is 24.1. The molecule has 0 spiro atoms. The van der Waals surface area contributed by atoms with Gasteiger partial charge in [0.1, 0.15) is 88.1 Å². The smallest absolute Gasteiger partial charge is 0.333 e. The van der Waals surface area contributed by atoms with Gasteiger partial charge in [-0.25, -0.2) is 14.4 Å². The molecular weight excluding hydrogens is 1200 g/mol. The molecule has 0 N–H and O–H groups in total. The summed E-state index contributed by atoms with van der Waals surface area (Å²) < 4.78 is 49.6. The molecule has 0 atom stereocenters. The number of esters is 4. The fraction of sp³-hybridized carbons (Fsp3) is 0.494. The van der Waals surface area contributed by atoms with Crippen LogP contribution in [-0.2, 0) is 68.6 Å². The standard InChI is InChI=1S/C77H98O17/c1-12-17-21-25-66(79)53-37-57-45-59-39-54(67(80)26-22-18-13-2)41-61(72(59)89-31-34-92-75(84)50(6)7)47-63-43-56(69(82)28-24-20-15-4)44-64(74(63)91-33-36-94-77(86)52(10)11)48-62-42-55(68(81)27-23-19-14-3)40-60(73(62)90-32-35-93-76(85)51(8)9)46-58(38-53)71(57)88-30-29-87-70(83)49-65(78)16-5/h37-44H,6,8,10,12-36,45-49H2,1-5,7,9,11H3. The average molecular weight is 1300 g/mol. The highest BCUT2D eigenvalue weighted by molar-refractivity contribution is 6.00. The average Bonchev–Trinajstić information content (AvgIpc) is 0.775. The summed E-state index contributed by atoms with van der Waals surface area (Å²) in [6.07, 6.45) is 9.57. The van der Waals surface area contributed by atoms with E-state index >= 15 is 0 Å². The number of ether oxygens (including phenoxy) is 8. The summed E-state index contributed by atoms with van der Waals surface area (Å²) >= 11 is 0. The van der Waals surface area contributed by atoms with Crippen molar-refractivity contribution in [3.05, 3.63) is 152 Å². The molecule has 1 aliphatic carbocycles. The fourth-order valence-corrected chi connectivity index (χ4v) is 10.8. The van der Waals surface area contributed by atoms with E-state index in [0.29, 0.717) is 110 Å². The van der Waals surface area contributed by atoms with Gasteiger partial charge in [-0.05, 0) is 139 Å². The monoisotopic (exact) mass is 1290 g/mol. The fourth-order valence-electron chi connectivity index (χ4n) is 10.8. The van der Waals surface area contributed by atoms with Crippen LogP contribution >= 0.6 is 0 Å². The molecule has 508 valence electrons. The molecular formula is C77H98O17. The van der Waals surface area contributed by atoms with Crippen molar-refractivity contribution >= 4 is 52.8 Å². The summed E-state index contributed by atoms with van der Waals surface area (Å²) in [5, 5.41) is 0. The molecule has 94 heavy (non-hydrogen) atoms. The molecule has 8 bridgehead atoms. The quantitative estimate of drug-likeness (QED) is 0.00883. The van der Waals surface area contributed by atoms with Crippen molar-refractivity contribution in [2.45, 2.75) is 197 Å². The summed E-state index contributed by atoms with van der Waals surface area (Å²) in [7, 11) is 0. The third-order valence-electron chi connectivity index (χ3n) is 15.9. The van der Waals surface area contributed by atoms with Crippen LogP contribution in [0.25, 0.3) is 0 Å². The molecule has 0 radical (unpaired) electrons. The Hall–Kier alpha value is -8.47. The molecule has 0 saturated carbocycles. The number of unbranched alkanes of at least 4 members (excludes halogenated alkanes) is 8. The Kier molecular flexibility index (Phi) is 32.4. The zero-order valence-corrected chi connectivity index (χ0v) is 56.9. The third kappa shape index (κ3) is 24.1. The van der Waals surface area contributed by atoms with Gasteiger partial charge in [-0.2, -0.15) is 0 Å². The van der Waals surface area contributed by atoms with Crippen molar-refractivity contribution in [1.82, 2.24) is 0 Å². The molecule has 1 aliphatic rings. The molecule has 0 amide bonds. The maximum atomic E-state index is 14.8. The van der Waals surface area contributed by atoms with E-state index in [1.165, 1.54) is 20.8 Å². The number of Topliss-reactive ketones (excluding diaryl/α,β-unsaturated/α-hetero) is 5. The van der Waals surface area contributed by atoms with E-state index in [9.17, 15) is 43.2 Å². The van der Waals surface area contributed by atoms with Gasteiger partial charge in [-0.15, -0.1) is 0 Å². The molecule has 0 heterocycles. The van der Waals surface area contributed by atoms with E-state index in [4.69, 9.17) is 37.9 Å². The van der Waals surface area contributed by atoms with E-state index in [1.807, 2.05) is 0 Å². The van der Waals surface area contributed by atoms with Gasteiger partial charge in [0.05, 0.1) is 0 Å². The van der Waals surface area contributed by atoms with Crippen LogP contribution in [0, 0.1) is 0 Å². The van der Waals surface area contributed by atoms with Crippen LogP contribution in [0.5, 0.6) is 23.0 Å². The lowest BCUT2D eigenvalue weighted by Gasteiger charge is -2.25. The maximum Gasteiger partial charge on any atom is 0.333 e. The Morgan fingerprint density at radius 1 is 0.330 bits per heavy atom. The topological polar surface area (TPSA) is 227 Å². The second-order valence-corrected chi connectivity index (χ2v) is 24.2. The van der Waals surface area contributed by atoms with E-state index in [2.05, 4.69) is 47.4 Å². The maximum absolute atomic E-state index is 14.8. The van der Waals surface area contributed by atoms with Crippen molar-refractivity contribution in [3.63, 3.8) is 0 Å². The Labute approximate surface area is 555 Å². The van der Waals surface area contributed by atoms with Gasteiger partial charge in [0.2, 0.25) is 0 Å². The first-order valence-corrected chi connectivity index (χ1v) is 33.5. The van der Waals surface area contributed by atoms with Gasteiger partial charge in [-0.3, -0.25) is 28.8 Å². The molecule has 0 saturated heterocycles. The number of carbonyl (C=O) groups is 9. The lowest BCUT2D eigenvalue weighted by Crippen LogP contribution is -2.18. The lowest BCUT2D eigenvalue weighted by atomic mass is 9.86. The minimum absolute atomic E-state index is 0.0386. The zero-order chi connectivity index (χ0) is 68.7. The van der Waals surface area contributed by atoms with Gasteiger partial charge in [0, 0.05) is 96.8 Å². The van der Waals surface area contributed by atoms with Gasteiger partial charge in [0.15, 0.2) is 23.1 Å². The summed E-state index contributed by atoms with van der Waals surface area (Å²) in [5.41, 5.74) is 5.78. The molecule has 0 aromatic heterocycles. The van der Waals surface area contributed by atoms with Gasteiger partial charge in [-0.1, -0.05) is 106 Å². The van der Waals surface area contributed by atoms with Crippen molar-refractivity contribution in [2.24, 2.45) is 0 Å². The number of fused-ring (bicyclic) bond motifs is 8. The summed E-state index contributed by atoms with van der Waals surface area (Å²) in [4.78, 5) is 123. The lowest BCUT2D eigenvalue weighted by molar-refractivity contribution is -0.147. The van der Waals surface area contributed by atoms with Crippen molar-refractivity contribution in [3.8, 4) is 23.0 Å². The molecule has 4 aromatic carbocycles. The number of rotatable bonds is 42. The predicted octanol–water partition coefficient (Wildman–Crippen LogP) is 15.2. The normalized spacial score (nSPS) is 11.6. The first-order valence-electron chi connectivity index (χ1n) is 33.5. The van der Waals surface area contributed by atoms with Crippen LogP contribution in [0.15, 0.2) is 85.0 Å². The number of hydrogen-bond donors (Lipinski definition) is 0. The van der Waals surface area contributed by atoms with Crippen molar-refractivity contribution in [2.75, 3.05) is 52.9 Å². The molecule has 5 rings (SSSR count). The SMILES string of the molecule is C=C(C)C(=O)OCCOc1c2cc(C(=O)CCCCC)cc1Cc1cc(C(=O)CCCCC)cc(c1OCCOC(=O)C(=C)C)Cc1cc(C(=O)CCCCC)cc(c1OCCOC(=O)C(=C)C)Cc1cc(C(=O)CCCCC)cc(c1OCCOC(=O)CC(=O)CC)C2. The van der Waals surface area contributed by atoms with Crippen LogP contribution in [0.3, 0.4) is 0 Å². The molecule has 0 fully saturated rings. The number of benzene rings is 4. The van der Waals surface area contributed by atoms with E-state index in [1.54, 1.807) is 55.5 Å². The van der Waals surface area contributed by atoms with E-state index < -0.39 is 30.3 Å². The molecule has 17 heteroatoms. The molecule has 0 aliphatic heterocycles. The Morgan fingerprint density at radius 3 is 0.755 bits per heavy atom. The van der Waals surface area contributed by atoms with E-state index in [-0.39, 0.29) is 162 Å². The van der Waals surface area contributed by atoms with Crippen molar-refractivity contribution in [1.29, 1.82) is 0 Å². The Balaban J connectivity index is 2.03. The first kappa shape index (κ1) is 76.2. The summed E-state index contributed by atoms with van der Waals surface area (Å²) in [6, 6.07) is 14.1. The summed E-state index contributed by atoms with van der Waals surface area (Å²) in [5.74, 6) is -2.31. The highest BCUT2D eigenvalue weighted by Crippen LogP contribution is 2.42. The van der Waals surface area contributed by atoms with Gasteiger partial charge >= 0.3 is 23.9 Å². The van der Waals surface area contributed by atoms with Crippen molar-refractivity contribution < 1.29 is 81.0 Å². The van der Waals surface area contributed by atoms with Crippen LogP contribution in [-0.4, -0.2) is 106 Å². The third-order valence-corrected chi connectivity index (χ3v) is 15.9. The van der Waals surface area contributed by atoms with Crippen LogP contribution in [0.2, 0.25) is 0 Å². The highest BCUT2D eigenvalue weighted by Gasteiger charge is 2.28.